The number of likely N-dealkylation sites (tertiary alicyclic amines) is 1. The number of aryl methyl sites for hydroxylation is 1. The van der Waals surface area contributed by atoms with Crippen molar-refractivity contribution in [1.82, 2.24) is 9.88 Å². The number of hydrogen-bond donors (Lipinski definition) is 3. The fourth-order valence-corrected chi connectivity index (χ4v) is 3.31. The first-order chi connectivity index (χ1) is 10.6. The fraction of sp³-hybridized carbons (Fsp3) is 0.471. The summed E-state index contributed by atoms with van der Waals surface area (Å²) in [7, 11) is 0. The van der Waals surface area contributed by atoms with E-state index in [-0.39, 0.29) is 24.3 Å². The predicted molar refractivity (Wildman–Crippen MR) is 86.1 cm³/mol. The van der Waals surface area contributed by atoms with Crippen LogP contribution in [0.2, 0.25) is 0 Å². The molecule has 0 amide bonds. The molecule has 1 aromatic carbocycles. The quantitative estimate of drug-likeness (QED) is 0.781. The summed E-state index contributed by atoms with van der Waals surface area (Å²) in [6.45, 7) is 3.37. The van der Waals surface area contributed by atoms with Crippen LogP contribution in [-0.2, 0) is 6.42 Å². The fourth-order valence-electron chi connectivity index (χ4n) is 3.31. The number of benzene rings is 1. The molecule has 0 spiro atoms. The summed E-state index contributed by atoms with van der Waals surface area (Å²) in [5.74, 6) is 0. The molecule has 2 atom stereocenters. The molecular formula is C17H22N2O3. The highest BCUT2D eigenvalue weighted by Crippen LogP contribution is 2.19. The lowest BCUT2D eigenvalue weighted by atomic mass is 10.1. The Balaban J connectivity index is 1.80. The Kier molecular flexibility index (Phi) is 4.29. The third-order valence-corrected chi connectivity index (χ3v) is 4.55. The summed E-state index contributed by atoms with van der Waals surface area (Å²) < 4.78 is 0. The maximum absolute atomic E-state index is 12.2. The van der Waals surface area contributed by atoms with Crippen LogP contribution in [0.15, 0.2) is 29.1 Å². The first kappa shape index (κ1) is 15.2. The van der Waals surface area contributed by atoms with Crippen molar-refractivity contribution >= 4 is 10.8 Å². The summed E-state index contributed by atoms with van der Waals surface area (Å²) in [5.41, 5.74) is 1.93. The highest BCUT2D eigenvalue weighted by atomic mass is 16.3. The minimum Gasteiger partial charge on any atom is -0.395 e. The van der Waals surface area contributed by atoms with Crippen LogP contribution in [0.4, 0.5) is 0 Å². The highest BCUT2D eigenvalue weighted by molar-refractivity contribution is 5.84. The van der Waals surface area contributed by atoms with Gasteiger partial charge < -0.3 is 15.2 Å². The number of H-pyrrole nitrogens is 1. The van der Waals surface area contributed by atoms with Gasteiger partial charge in [0.05, 0.1) is 12.7 Å². The van der Waals surface area contributed by atoms with Crippen LogP contribution in [-0.4, -0.2) is 51.9 Å². The van der Waals surface area contributed by atoms with Gasteiger partial charge in [-0.05, 0) is 36.4 Å². The van der Waals surface area contributed by atoms with E-state index in [1.807, 2.05) is 31.2 Å². The monoisotopic (exact) mass is 302 g/mol. The lowest BCUT2D eigenvalue weighted by Crippen LogP contribution is -2.34. The second kappa shape index (κ2) is 6.20. The van der Waals surface area contributed by atoms with Crippen molar-refractivity contribution < 1.29 is 10.2 Å². The number of pyridine rings is 1. The number of aliphatic hydroxyl groups excluding tert-OH is 2. The first-order valence-corrected chi connectivity index (χ1v) is 7.73. The Labute approximate surface area is 129 Å². The third-order valence-electron chi connectivity index (χ3n) is 4.55. The van der Waals surface area contributed by atoms with Crippen molar-refractivity contribution in [3.63, 3.8) is 0 Å². The Bertz CT molecular complexity index is 725. The number of nitrogens with one attached hydrogen (secondary N) is 1. The molecular weight excluding hydrogens is 280 g/mol. The number of rotatable bonds is 4. The normalized spacial score (nSPS) is 22.5. The van der Waals surface area contributed by atoms with E-state index in [2.05, 4.69) is 9.88 Å². The second-order valence-corrected chi connectivity index (χ2v) is 6.13. The van der Waals surface area contributed by atoms with Crippen molar-refractivity contribution in [2.75, 3.05) is 19.7 Å². The van der Waals surface area contributed by atoms with Crippen molar-refractivity contribution in [1.29, 1.82) is 0 Å². The van der Waals surface area contributed by atoms with Gasteiger partial charge in [0.25, 0.3) is 5.56 Å². The molecule has 1 aromatic heterocycles. The first-order valence-electron chi connectivity index (χ1n) is 7.73. The number of aromatic nitrogens is 1. The molecule has 1 aliphatic heterocycles. The molecule has 0 unspecified atom stereocenters. The molecule has 2 heterocycles. The molecule has 1 saturated heterocycles. The van der Waals surface area contributed by atoms with E-state index in [9.17, 15) is 15.0 Å². The zero-order chi connectivity index (χ0) is 15.7. The van der Waals surface area contributed by atoms with Crippen LogP contribution in [0.3, 0.4) is 0 Å². The van der Waals surface area contributed by atoms with Gasteiger partial charge in [-0.15, -0.1) is 0 Å². The predicted octanol–water partition coefficient (Wildman–Crippen LogP) is 0.807. The Morgan fingerprint density at radius 1 is 1.36 bits per heavy atom. The second-order valence-electron chi connectivity index (χ2n) is 6.13. The van der Waals surface area contributed by atoms with Gasteiger partial charge in [0.2, 0.25) is 0 Å². The minimum atomic E-state index is -0.366. The Morgan fingerprint density at radius 2 is 2.18 bits per heavy atom. The van der Waals surface area contributed by atoms with E-state index < -0.39 is 0 Å². The molecule has 0 bridgehead atoms. The summed E-state index contributed by atoms with van der Waals surface area (Å²) in [6.07, 6.45) is 0.946. The molecule has 2 aromatic rings. The number of hydrogen-bond acceptors (Lipinski definition) is 4. The van der Waals surface area contributed by atoms with Crippen LogP contribution < -0.4 is 5.56 Å². The smallest absolute Gasteiger partial charge is 0.256 e. The van der Waals surface area contributed by atoms with Crippen LogP contribution in [0.1, 0.15) is 17.7 Å². The van der Waals surface area contributed by atoms with Gasteiger partial charge in [0.15, 0.2) is 0 Å². The zero-order valence-electron chi connectivity index (χ0n) is 12.7. The zero-order valence-corrected chi connectivity index (χ0v) is 12.7. The number of β-amino-alcohol motifs (C(OH)–C–C–N with tert-alkyl or cyclic N) is 1. The molecule has 1 aliphatic rings. The molecule has 1 fully saturated rings. The number of nitrogens with zero attached hydrogens (tertiary/aromatic N) is 1. The molecule has 0 radical (unpaired) electrons. The molecule has 5 heteroatoms. The summed E-state index contributed by atoms with van der Waals surface area (Å²) in [4.78, 5) is 17.2. The maximum Gasteiger partial charge on any atom is 0.256 e. The van der Waals surface area contributed by atoms with E-state index >= 15 is 0 Å². The highest BCUT2D eigenvalue weighted by Gasteiger charge is 2.29. The van der Waals surface area contributed by atoms with Gasteiger partial charge in [-0.1, -0.05) is 12.1 Å². The van der Waals surface area contributed by atoms with Crippen LogP contribution >= 0.6 is 0 Å². The number of fused-ring (bicyclic) bond motifs is 1. The largest absolute Gasteiger partial charge is 0.395 e. The van der Waals surface area contributed by atoms with Crippen molar-refractivity contribution in [3.8, 4) is 0 Å². The van der Waals surface area contributed by atoms with Crippen LogP contribution in [0, 0.1) is 6.92 Å². The lowest BCUT2D eigenvalue weighted by Gasteiger charge is -2.22. The molecule has 22 heavy (non-hydrogen) atoms. The van der Waals surface area contributed by atoms with Gasteiger partial charge in [-0.3, -0.25) is 9.69 Å². The molecule has 0 saturated carbocycles. The average Bonchev–Trinajstić information content (AvgIpc) is 2.86. The van der Waals surface area contributed by atoms with Gasteiger partial charge in [-0.25, -0.2) is 0 Å². The molecule has 3 N–H and O–H groups in total. The Hall–Kier alpha value is -1.69. The van der Waals surface area contributed by atoms with E-state index in [0.29, 0.717) is 24.8 Å². The molecule has 0 aliphatic carbocycles. The Morgan fingerprint density at radius 3 is 2.95 bits per heavy atom. The topological polar surface area (TPSA) is 76.6 Å². The van der Waals surface area contributed by atoms with Gasteiger partial charge >= 0.3 is 0 Å². The van der Waals surface area contributed by atoms with Crippen molar-refractivity contribution in [3.05, 3.63) is 45.9 Å². The lowest BCUT2D eigenvalue weighted by molar-refractivity contribution is 0.156. The SMILES string of the molecule is Cc1cccc2c(=O)[nH]c(CCN3C[C@H](O)C[C@@H]3CO)cc12. The standard InChI is InChI=1S/C17H22N2O3/c1-11-3-2-4-15-16(11)7-12(18-17(15)22)5-6-19-9-14(21)8-13(19)10-20/h2-4,7,13-14,20-21H,5-6,8-10H2,1H3,(H,18,22)/t13-,14-/m1/s1. The van der Waals surface area contributed by atoms with Gasteiger partial charge in [0, 0.05) is 36.6 Å². The molecule has 3 rings (SSSR count). The summed E-state index contributed by atoms with van der Waals surface area (Å²) in [5, 5.41) is 20.8. The maximum atomic E-state index is 12.2. The summed E-state index contributed by atoms with van der Waals surface area (Å²) >= 11 is 0. The van der Waals surface area contributed by atoms with Crippen molar-refractivity contribution in [2.24, 2.45) is 0 Å². The van der Waals surface area contributed by atoms with Crippen LogP contribution in [0.25, 0.3) is 10.8 Å². The number of aliphatic hydroxyl groups is 2. The van der Waals surface area contributed by atoms with E-state index in [0.717, 1.165) is 23.2 Å². The number of aromatic amines is 1. The van der Waals surface area contributed by atoms with Gasteiger partial charge in [0.1, 0.15) is 0 Å². The molecule has 118 valence electrons. The van der Waals surface area contributed by atoms with Crippen LogP contribution in [0.5, 0.6) is 0 Å². The van der Waals surface area contributed by atoms with E-state index in [1.54, 1.807) is 0 Å². The van der Waals surface area contributed by atoms with E-state index in [1.165, 1.54) is 0 Å². The van der Waals surface area contributed by atoms with Crippen molar-refractivity contribution in [2.45, 2.75) is 31.9 Å². The minimum absolute atomic E-state index is 0.0175. The molecule has 5 nitrogen and oxygen atoms in total. The van der Waals surface area contributed by atoms with E-state index in [4.69, 9.17) is 0 Å². The summed E-state index contributed by atoms with van der Waals surface area (Å²) in [6, 6.07) is 7.79. The third kappa shape index (κ3) is 2.92. The average molecular weight is 302 g/mol. The van der Waals surface area contributed by atoms with Gasteiger partial charge in [-0.2, -0.15) is 0 Å².